The Hall–Kier alpha value is -0.940. The number of nitro groups is 1. The molecule has 1 unspecified atom stereocenters. The Balaban J connectivity index is 2.32. The van der Waals surface area contributed by atoms with Crippen molar-refractivity contribution in [2.75, 3.05) is 23.7 Å². The van der Waals surface area contributed by atoms with Crippen LogP contribution in [0.1, 0.15) is 13.3 Å². The molecule has 0 N–H and O–H groups in total. The van der Waals surface area contributed by atoms with Crippen LogP contribution in [0, 0.1) is 10.1 Å². The van der Waals surface area contributed by atoms with E-state index in [0.717, 1.165) is 25.3 Å². The first kappa shape index (κ1) is 13.5. The molecule has 1 saturated heterocycles. The first-order valence-electron chi connectivity index (χ1n) is 5.93. The summed E-state index contributed by atoms with van der Waals surface area (Å²) in [6.07, 6.45) is 1.08. The number of anilines is 1. The van der Waals surface area contributed by atoms with Crippen molar-refractivity contribution in [2.24, 2.45) is 0 Å². The molecule has 0 aromatic heterocycles. The molecule has 6 heteroatoms. The quantitative estimate of drug-likeness (QED) is 0.629. The van der Waals surface area contributed by atoms with E-state index >= 15 is 0 Å². The molecule has 0 saturated carbocycles. The normalized spacial score (nSPS) is 19.9. The highest BCUT2D eigenvalue weighted by atomic mass is 35.5. The Morgan fingerprint density at radius 1 is 1.61 bits per heavy atom. The Morgan fingerprint density at radius 2 is 2.39 bits per heavy atom. The van der Waals surface area contributed by atoms with Crippen LogP contribution in [0.4, 0.5) is 11.4 Å². The second-order valence-corrected chi connectivity index (χ2v) is 6.03. The average Bonchev–Trinajstić information content (AvgIpc) is 2.38. The zero-order valence-corrected chi connectivity index (χ0v) is 11.7. The third kappa shape index (κ3) is 2.72. The zero-order valence-electron chi connectivity index (χ0n) is 10.1. The molecule has 1 fully saturated rings. The molecular formula is C12H15ClN2O2S. The summed E-state index contributed by atoms with van der Waals surface area (Å²) in [6, 6.07) is 5.12. The van der Waals surface area contributed by atoms with Crippen molar-refractivity contribution < 1.29 is 4.92 Å². The van der Waals surface area contributed by atoms with Gasteiger partial charge in [-0.25, -0.2) is 0 Å². The van der Waals surface area contributed by atoms with Gasteiger partial charge in [-0.3, -0.25) is 10.1 Å². The van der Waals surface area contributed by atoms with E-state index in [1.165, 1.54) is 0 Å². The fourth-order valence-electron chi connectivity index (χ4n) is 2.12. The number of para-hydroxylation sites is 1. The maximum atomic E-state index is 11.1. The molecule has 1 aromatic rings. The van der Waals surface area contributed by atoms with Crippen LogP contribution in [0.25, 0.3) is 0 Å². The molecule has 0 bridgehead atoms. The molecule has 98 valence electrons. The third-order valence-corrected chi connectivity index (χ3v) is 4.76. The smallest absolute Gasteiger partial charge is 0.310 e. The second kappa shape index (κ2) is 5.80. The lowest BCUT2D eigenvalue weighted by Crippen LogP contribution is -2.37. The Morgan fingerprint density at radius 3 is 3.06 bits per heavy atom. The van der Waals surface area contributed by atoms with Crippen molar-refractivity contribution in [3.05, 3.63) is 33.3 Å². The maximum Gasteiger partial charge on any atom is 0.310 e. The van der Waals surface area contributed by atoms with Crippen LogP contribution in [0.15, 0.2) is 18.2 Å². The first-order valence-corrected chi connectivity index (χ1v) is 7.35. The molecule has 1 aliphatic rings. The highest BCUT2D eigenvalue weighted by Crippen LogP contribution is 2.37. The maximum absolute atomic E-state index is 11.1. The SMILES string of the molecule is CCC1CN(c2cccc(Cl)c2[N+](=O)[O-])CCS1. The third-order valence-electron chi connectivity index (χ3n) is 3.08. The Bertz CT molecular complexity index is 456. The van der Waals surface area contributed by atoms with Crippen molar-refractivity contribution in [1.29, 1.82) is 0 Å². The van der Waals surface area contributed by atoms with E-state index in [1.54, 1.807) is 18.2 Å². The molecule has 1 atom stereocenters. The lowest BCUT2D eigenvalue weighted by Gasteiger charge is -2.33. The van der Waals surface area contributed by atoms with E-state index in [-0.39, 0.29) is 15.6 Å². The molecule has 4 nitrogen and oxygen atoms in total. The van der Waals surface area contributed by atoms with E-state index in [0.29, 0.717) is 10.9 Å². The van der Waals surface area contributed by atoms with E-state index in [4.69, 9.17) is 11.6 Å². The van der Waals surface area contributed by atoms with E-state index in [1.807, 2.05) is 11.8 Å². The van der Waals surface area contributed by atoms with Crippen LogP contribution in [0.2, 0.25) is 5.02 Å². The minimum atomic E-state index is -0.389. The monoisotopic (exact) mass is 286 g/mol. The Kier molecular flexibility index (Phi) is 4.35. The van der Waals surface area contributed by atoms with Gasteiger partial charge in [0.25, 0.3) is 0 Å². The highest BCUT2D eigenvalue weighted by Gasteiger charge is 2.26. The van der Waals surface area contributed by atoms with Gasteiger partial charge in [0.2, 0.25) is 0 Å². The molecule has 0 aliphatic carbocycles. The van der Waals surface area contributed by atoms with Gasteiger partial charge in [0.05, 0.1) is 4.92 Å². The minimum Gasteiger partial charge on any atom is -0.364 e. The van der Waals surface area contributed by atoms with E-state index in [9.17, 15) is 10.1 Å². The van der Waals surface area contributed by atoms with Gasteiger partial charge in [-0.2, -0.15) is 11.8 Å². The standard InChI is InChI=1S/C12H15ClN2O2S/c1-2-9-8-14(6-7-18-9)11-5-3-4-10(13)12(11)15(16)17/h3-5,9H,2,6-8H2,1H3. The molecule has 1 aromatic carbocycles. The first-order chi connectivity index (χ1) is 8.63. The van der Waals surface area contributed by atoms with Gasteiger partial charge in [-0.05, 0) is 18.6 Å². The summed E-state index contributed by atoms with van der Waals surface area (Å²) < 4.78 is 0. The van der Waals surface area contributed by atoms with E-state index in [2.05, 4.69) is 11.8 Å². The fraction of sp³-hybridized carbons (Fsp3) is 0.500. The molecule has 1 heterocycles. The highest BCUT2D eigenvalue weighted by molar-refractivity contribution is 8.00. The zero-order chi connectivity index (χ0) is 13.1. The van der Waals surface area contributed by atoms with Gasteiger partial charge in [-0.1, -0.05) is 24.6 Å². The number of thioether (sulfide) groups is 1. The van der Waals surface area contributed by atoms with Gasteiger partial charge in [0.1, 0.15) is 10.7 Å². The minimum absolute atomic E-state index is 0.0286. The molecule has 18 heavy (non-hydrogen) atoms. The van der Waals surface area contributed by atoms with Gasteiger partial charge >= 0.3 is 5.69 Å². The van der Waals surface area contributed by atoms with Crippen molar-refractivity contribution in [3.63, 3.8) is 0 Å². The van der Waals surface area contributed by atoms with Crippen molar-refractivity contribution in [3.8, 4) is 0 Å². The summed E-state index contributed by atoms with van der Waals surface area (Å²) in [4.78, 5) is 12.8. The van der Waals surface area contributed by atoms with Gasteiger partial charge in [-0.15, -0.1) is 0 Å². The molecule has 2 rings (SSSR count). The summed E-state index contributed by atoms with van der Waals surface area (Å²) in [5.41, 5.74) is 0.673. The second-order valence-electron chi connectivity index (χ2n) is 4.21. The number of nitro benzene ring substituents is 1. The number of hydrogen-bond donors (Lipinski definition) is 0. The van der Waals surface area contributed by atoms with Crippen LogP contribution in [-0.2, 0) is 0 Å². The lowest BCUT2D eigenvalue weighted by atomic mass is 10.2. The molecular weight excluding hydrogens is 272 g/mol. The van der Waals surface area contributed by atoms with Crippen LogP contribution in [-0.4, -0.2) is 29.0 Å². The van der Waals surface area contributed by atoms with Crippen molar-refractivity contribution in [2.45, 2.75) is 18.6 Å². The lowest BCUT2D eigenvalue weighted by molar-refractivity contribution is -0.384. The van der Waals surface area contributed by atoms with Crippen LogP contribution < -0.4 is 4.90 Å². The van der Waals surface area contributed by atoms with Crippen LogP contribution >= 0.6 is 23.4 Å². The summed E-state index contributed by atoms with van der Waals surface area (Å²) in [6.45, 7) is 3.83. The fourth-order valence-corrected chi connectivity index (χ4v) is 3.54. The summed E-state index contributed by atoms with van der Waals surface area (Å²) in [5, 5.41) is 11.9. The van der Waals surface area contributed by atoms with Gasteiger partial charge in [0, 0.05) is 24.1 Å². The number of halogens is 1. The van der Waals surface area contributed by atoms with E-state index < -0.39 is 0 Å². The number of rotatable bonds is 3. The predicted molar refractivity (Wildman–Crippen MR) is 76.9 cm³/mol. The summed E-state index contributed by atoms with van der Waals surface area (Å²) >= 11 is 7.88. The largest absolute Gasteiger partial charge is 0.364 e. The van der Waals surface area contributed by atoms with Gasteiger partial charge in [0.15, 0.2) is 0 Å². The number of hydrogen-bond acceptors (Lipinski definition) is 4. The van der Waals surface area contributed by atoms with Crippen LogP contribution in [0.5, 0.6) is 0 Å². The molecule has 0 radical (unpaired) electrons. The Labute approximate surface area is 115 Å². The van der Waals surface area contributed by atoms with Crippen LogP contribution in [0.3, 0.4) is 0 Å². The molecule has 0 amide bonds. The topological polar surface area (TPSA) is 46.4 Å². The average molecular weight is 287 g/mol. The predicted octanol–water partition coefficient (Wildman–Crippen LogP) is 3.58. The summed E-state index contributed by atoms with van der Waals surface area (Å²) in [7, 11) is 0. The van der Waals surface area contributed by atoms with Gasteiger partial charge < -0.3 is 4.90 Å². The summed E-state index contributed by atoms with van der Waals surface area (Å²) in [5.74, 6) is 1.00. The van der Waals surface area contributed by atoms with Crippen molar-refractivity contribution in [1.82, 2.24) is 0 Å². The van der Waals surface area contributed by atoms with Crippen molar-refractivity contribution >= 4 is 34.7 Å². The number of benzene rings is 1. The number of nitrogens with zero attached hydrogens (tertiary/aromatic N) is 2. The molecule has 0 spiro atoms. The molecule has 1 aliphatic heterocycles.